The van der Waals surface area contributed by atoms with Gasteiger partial charge in [-0.3, -0.25) is 0 Å². The van der Waals surface area contributed by atoms with Gasteiger partial charge >= 0.3 is 0 Å². The van der Waals surface area contributed by atoms with E-state index in [1.165, 1.54) is 16.1 Å². The van der Waals surface area contributed by atoms with Crippen molar-refractivity contribution in [3.63, 3.8) is 0 Å². The van der Waals surface area contributed by atoms with E-state index >= 15 is 0 Å². The van der Waals surface area contributed by atoms with Crippen LogP contribution in [-0.2, 0) is 0 Å². The van der Waals surface area contributed by atoms with E-state index < -0.39 is 0 Å². The topological polar surface area (TPSA) is 15.4 Å². The van der Waals surface area contributed by atoms with Gasteiger partial charge in [0.1, 0.15) is 12.4 Å². The average Bonchev–Trinajstić information content (AvgIpc) is 2.57. The zero-order chi connectivity index (χ0) is 9.54. The van der Waals surface area contributed by atoms with Crippen molar-refractivity contribution in [2.75, 3.05) is 13.7 Å². The van der Waals surface area contributed by atoms with E-state index in [1.54, 1.807) is 0 Å². The van der Waals surface area contributed by atoms with Crippen LogP contribution in [0.4, 0.5) is 0 Å². The van der Waals surface area contributed by atoms with Crippen LogP contribution in [0.1, 0.15) is 0 Å². The van der Waals surface area contributed by atoms with Crippen LogP contribution >= 0.6 is 0 Å². The van der Waals surface area contributed by atoms with Crippen LogP contribution in [0.15, 0.2) is 41.4 Å². The predicted molar refractivity (Wildman–Crippen MR) is 56.8 cm³/mol. The van der Waals surface area contributed by atoms with Crippen molar-refractivity contribution in [2.45, 2.75) is 0 Å². The second-order valence-corrected chi connectivity index (χ2v) is 3.69. The van der Waals surface area contributed by atoms with Gasteiger partial charge in [0.05, 0.1) is 0 Å². The number of rotatable bonds is 0. The summed E-state index contributed by atoms with van der Waals surface area (Å²) in [7, 11) is 2.07. The van der Waals surface area contributed by atoms with Crippen LogP contribution in [-0.4, -0.2) is 13.7 Å². The lowest BCUT2D eigenvalue weighted by atomic mass is 10.1. The third-order valence-corrected chi connectivity index (χ3v) is 2.71. The van der Waals surface area contributed by atoms with E-state index in [4.69, 9.17) is 0 Å². The minimum absolute atomic E-state index is 0. The molecule has 1 aliphatic heterocycles. The Bertz CT molecular complexity index is 632. The van der Waals surface area contributed by atoms with Crippen molar-refractivity contribution in [3.8, 4) is 0 Å². The molecule has 2 aromatic rings. The summed E-state index contributed by atoms with van der Waals surface area (Å²) in [6.07, 6.45) is 0. The summed E-state index contributed by atoms with van der Waals surface area (Å²) in [5.74, 6) is 0. The summed E-state index contributed by atoms with van der Waals surface area (Å²) < 4.78 is 2.17. The highest BCUT2D eigenvalue weighted by Gasteiger charge is 2.08. The quantitative estimate of drug-likeness (QED) is 0.379. The maximum atomic E-state index is 4.46. The third-order valence-electron chi connectivity index (χ3n) is 2.71. The largest absolute Gasteiger partial charge is 1.00 e. The Balaban J connectivity index is 0.000000853. The number of hydrogen-bond donors (Lipinski definition) is 0. The Kier molecular flexibility index (Phi) is 2.73. The Hall–Kier alpha value is -0.970. The lowest BCUT2D eigenvalue weighted by Crippen LogP contribution is -3.00. The van der Waals surface area contributed by atoms with Gasteiger partial charge in [0.25, 0.3) is 0 Å². The van der Waals surface area contributed by atoms with Crippen LogP contribution in [0, 0.1) is 0 Å². The van der Waals surface area contributed by atoms with Gasteiger partial charge in [0, 0.05) is 6.07 Å². The fourth-order valence-corrected chi connectivity index (χ4v) is 1.91. The molecule has 0 radical (unpaired) electrons. The first-order valence-electron chi connectivity index (χ1n) is 4.76. The number of hydrogen-bond acceptors (Lipinski definition) is 1. The van der Waals surface area contributed by atoms with Crippen molar-refractivity contribution >= 4 is 10.8 Å². The summed E-state index contributed by atoms with van der Waals surface area (Å²) >= 11 is 0. The molecule has 0 aliphatic carbocycles. The minimum atomic E-state index is 0. The molecule has 0 atom stereocenters. The maximum Gasteiger partial charge on any atom is 0.236 e. The molecule has 0 saturated carbocycles. The van der Waals surface area contributed by atoms with Gasteiger partial charge in [0.15, 0.2) is 0 Å². The molecule has 0 saturated heterocycles. The van der Waals surface area contributed by atoms with Crippen molar-refractivity contribution in [1.82, 2.24) is 4.58 Å². The second kappa shape index (κ2) is 3.89. The summed E-state index contributed by atoms with van der Waals surface area (Å²) in [5.41, 5.74) is 0. The summed E-state index contributed by atoms with van der Waals surface area (Å²) in [5, 5.41) is 4.91. The average molecular weight is 310 g/mol. The van der Waals surface area contributed by atoms with E-state index in [0.29, 0.717) is 0 Å². The number of nitrogens with zero attached hydrogens (tertiary/aromatic N) is 2. The van der Waals surface area contributed by atoms with Gasteiger partial charge in [-0.1, -0.05) is 24.3 Å². The SMILES string of the molecule is C[N+]1=c2cc3ccccc3cc2=NC1.[I-]. The fraction of sp³-hybridized carbons (Fsp3) is 0.167. The van der Waals surface area contributed by atoms with Crippen molar-refractivity contribution in [2.24, 2.45) is 4.99 Å². The van der Waals surface area contributed by atoms with Crippen LogP contribution in [0.3, 0.4) is 0 Å². The normalized spacial score (nSPS) is 13.3. The summed E-state index contributed by atoms with van der Waals surface area (Å²) in [6.45, 7) is 0.783. The van der Waals surface area contributed by atoms with Gasteiger partial charge in [-0.2, -0.15) is 0 Å². The van der Waals surface area contributed by atoms with Gasteiger partial charge in [-0.05, 0) is 16.8 Å². The number of halogens is 1. The minimum Gasteiger partial charge on any atom is -1.00 e. The fourth-order valence-electron chi connectivity index (χ4n) is 1.91. The molecule has 3 heteroatoms. The van der Waals surface area contributed by atoms with E-state index in [9.17, 15) is 0 Å². The van der Waals surface area contributed by atoms with Crippen LogP contribution in [0.2, 0.25) is 0 Å². The molecule has 0 aromatic heterocycles. The first-order chi connectivity index (χ1) is 6.84. The molecule has 0 N–H and O–H groups in total. The van der Waals surface area contributed by atoms with Crippen LogP contribution < -0.4 is 39.3 Å². The van der Waals surface area contributed by atoms with E-state index in [2.05, 4.69) is 53.0 Å². The van der Waals surface area contributed by atoms with Gasteiger partial charge in [-0.25, -0.2) is 9.57 Å². The van der Waals surface area contributed by atoms with Crippen LogP contribution in [0.25, 0.3) is 10.8 Å². The first-order valence-corrected chi connectivity index (χ1v) is 4.76. The van der Waals surface area contributed by atoms with E-state index in [0.717, 1.165) is 12.0 Å². The molecule has 0 fully saturated rings. The highest BCUT2D eigenvalue weighted by atomic mass is 127. The number of fused-ring (bicyclic) bond motifs is 2. The van der Waals surface area contributed by atoms with Crippen molar-refractivity contribution in [3.05, 3.63) is 47.1 Å². The number of benzene rings is 2. The molecular formula is C12H11IN2. The van der Waals surface area contributed by atoms with Gasteiger partial charge in [0.2, 0.25) is 12.0 Å². The molecular weight excluding hydrogens is 299 g/mol. The molecule has 0 unspecified atom stereocenters. The van der Waals surface area contributed by atoms with Crippen molar-refractivity contribution < 1.29 is 24.0 Å². The smallest absolute Gasteiger partial charge is 0.236 e. The zero-order valence-electron chi connectivity index (χ0n) is 8.44. The molecule has 1 aliphatic rings. The Morgan fingerprint density at radius 2 is 1.80 bits per heavy atom. The lowest BCUT2D eigenvalue weighted by Gasteiger charge is -1.92. The molecule has 2 nitrogen and oxygen atoms in total. The van der Waals surface area contributed by atoms with E-state index in [1.807, 2.05) is 0 Å². The summed E-state index contributed by atoms with van der Waals surface area (Å²) in [4.78, 5) is 4.46. The van der Waals surface area contributed by atoms with E-state index in [-0.39, 0.29) is 24.0 Å². The Morgan fingerprint density at radius 3 is 2.53 bits per heavy atom. The zero-order valence-corrected chi connectivity index (χ0v) is 10.6. The predicted octanol–water partition coefficient (Wildman–Crippen LogP) is -2.44. The second-order valence-electron chi connectivity index (χ2n) is 3.69. The van der Waals surface area contributed by atoms with Gasteiger partial charge in [-0.15, -0.1) is 0 Å². The van der Waals surface area contributed by atoms with Gasteiger partial charge < -0.3 is 24.0 Å². The molecule has 0 bridgehead atoms. The standard InChI is InChI=1S/C12H11N2.HI/c1-14-8-13-11-6-9-4-2-3-5-10(9)7-12(11)14;/h2-7H,8H2,1H3;1H/q+1;/p-1. The van der Waals surface area contributed by atoms with Crippen LogP contribution in [0.5, 0.6) is 0 Å². The molecule has 3 rings (SSSR count). The highest BCUT2D eigenvalue weighted by molar-refractivity contribution is 5.81. The van der Waals surface area contributed by atoms with Crippen molar-refractivity contribution in [1.29, 1.82) is 0 Å². The third kappa shape index (κ3) is 1.65. The molecule has 0 spiro atoms. The monoisotopic (exact) mass is 310 g/mol. The maximum absolute atomic E-state index is 4.46. The Morgan fingerprint density at radius 1 is 1.13 bits per heavy atom. The Labute approximate surface area is 105 Å². The molecule has 2 aromatic carbocycles. The first kappa shape index (κ1) is 10.5. The summed E-state index contributed by atoms with van der Waals surface area (Å²) in [6, 6.07) is 12.8. The molecule has 1 heterocycles. The highest BCUT2D eigenvalue weighted by Crippen LogP contribution is 2.08. The lowest BCUT2D eigenvalue weighted by molar-refractivity contribution is -0.00000282. The molecule has 15 heavy (non-hydrogen) atoms. The molecule has 76 valence electrons. The molecule has 0 amide bonds.